The summed E-state index contributed by atoms with van der Waals surface area (Å²) in [6.07, 6.45) is 26.3. The van der Waals surface area contributed by atoms with E-state index in [0.717, 1.165) is 0 Å². The van der Waals surface area contributed by atoms with Crippen LogP contribution in [0.15, 0.2) is 0 Å². The van der Waals surface area contributed by atoms with E-state index in [1.807, 2.05) is 0 Å². The van der Waals surface area contributed by atoms with E-state index in [0.29, 0.717) is 12.5 Å². The molecule has 24 heavy (non-hydrogen) atoms. The zero-order chi connectivity index (χ0) is 17.7. The van der Waals surface area contributed by atoms with Crippen LogP contribution in [-0.2, 0) is 0 Å². The highest BCUT2D eigenvalue weighted by atomic mass is 16.3. The van der Waals surface area contributed by atoms with Crippen LogP contribution in [0.3, 0.4) is 0 Å². The highest BCUT2D eigenvalue weighted by Gasteiger charge is 2.06. The summed E-state index contributed by atoms with van der Waals surface area (Å²) < 4.78 is 0. The van der Waals surface area contributed by atoms with Gasteiger partial charge in [0.1, 0.15) is 0 Å². The van der Waals surface area contributed by atoms with Gasteiger partial charge >= 0.3 is 0 Å². The summed E-state index contributed by atoms with van der Waals surface area (Å²) in [6, 6.07) is 0. The van der Waals surface area contributed by atoms with Crippen molar-refractivity contribution < 1.29 is 5.11 Å². The minimum absolute atomic E-state index is 0.407. The lowest BCUT2D eigenvalue weighted by Gasteiger charge is -2.13. The van der Waals surface area contributed by atoms with E-state index >= 15 is 0 Å². The molecule has 0 aliphatic carbocycles. The predicted molar refractivity (Wildman–Crippen MR) is 110 cm³/mol. The van der Waals surface area contributed by atoms with Crippen LogP contribution in [0.4, 0.5) is 0 Å². The second kappa shape index (κ2) is 21.0. The fraction of sp³-hybridized carbons (Fsp3) is 1.00. The van der Waals surface area contributed by atoms with Crippen LogP contribution in [0.5, 0.6) is 0 Å². The zero-order valence-electron chi connectivity index (χ0n) is 17.2. The van der Waals surface area contributed by atoms with E-state index in [-0.39, 0.29) is 0 Å². The minimum atomic E-state index is 0.407. The second-order valence-electron chi connectivity index (χ2n) is 7.93. The molecule has 1 N–H and O–H groups in total. The molecule has 0 bridgehead atoms. The lowest BCUT2D eigenvalue weighted by molar-refractivity contribution is 0.204. The molecule has 1 atom stereocenters. The van der Waals surface area contributed by atoms with Gasteiger partial charge in [0.2, 0.25) is 0 Å². The van der Waals surface area contributed by atoms with Crippen molar-refractivity contribution in [2.75, 3.05) is 6.61 Å². The Morgan fingerprint density at radius 2 is 0.750 bits per heavy atom. The smallest absolute Gasteiger partial charge is 0.0459 e. The maximum atomic E-state index is 9.47. The van der Waals surface area contributed by atoms with Gasteiger partial charge in [-0.15, -0.1) is 0 Å². The van der Waals surface area contributed by atoms with E-state index in [1.54, 1.807) is 0 Å². The Kier molecular flexibility index (Phi) is 21.0. The summed E-state index contributed by atoms with van der Waals surface area (Å²) in [5, 5.41) is 9.47. The molecule has 1 heteroatoms. The summed E-state index contributed by atoms with van der Waals surface area (Å²) in [5.74, 6) is 0.578. The number of hydrogen-bond donors (Lipinski definition) is 1. The third-order valence-corrected chi connectivity index (χ3v) is 5.44. The Morgan fingerprint density at radius 1 is 0.458 bits per heavy atom. The van der Waals surface area contributed by atoms with Gasteiger partial charge in [-0.05, 0) is 18.8 Å². The van der Waals surface area contributed by atoms with E-state index in [2.05, 4.69) is 13.8 Å². The average Bonchev–Trinajstić information content (AvgIpc) is 2.60. The standard InChI is InChI=1S/C23H48O/c1-3-5-7-9-10-11-12-13-14-15-16-17-19-21-23(22-24)20-18-8-6-4-2/h23-24H,3-22H2,1-2H3. The van der Waals surface area contributed by atoms with Crippen molar-refractivity contribution in [3.05, 3.63) is 0 Å². The normalized spacial score (nSPS) is 12.6. The summed E-state index contributed by atoms with van der Waals surface area (Å²) in [7, 11) is 0. The van der Waals surface area contributed by atoms with Crippen molar-refractivity contribution in [3.8, 4) is 0 Å². The molecule has 0 radical (unpaired) electrons. The Bertz CT molecular complexity index is 214. The quantitative estimate of drug-likeness (QED) is 0.222. The predicted octanol–water partition coefficient (Wildman–Crippen LogP) is 8.05. The molecule has 0 amide bonds. The van der Waals surface area contributed by atoms with E-state index in [4.69, 9.17) is 0 Å². The first kappa shape index (κ1) is 24.0. The summed E-state index contributed by atoms with van der Waals surface area (Å²) in [5.41, 5.74) is 0. The fourth-order valence-corrected chi connectivity index (χ4v) is 3.64. The van der Waals surface area contributed by atoms with Crippen molar-refractivity contribution in [3.63, 3.8) is 0 Å². The molecule has 0 heterocycles. The van der Waals surface area contributed by atoms with Gasteiger partial charge < -0.3 is 5.11 Å². The number of rotatable bonds is 20. The highest BCUT2D eigenvalue weighted by Crippen LogP contribution is 2.18. The summed E-state index contributed by atoms with van der Waals surface area (Å²) >= 11 is 0. The molecule has 0 aliphatic heterocycles. The Balaban J connectivity index is 3.20. The minimum Gasteiger partial charge on any atom is -0.396 e. The van der Waals surface area contributed by atoms with Crippen molar-refractivity contribution >= 4 is 0 Å². The SMILES string of the molecule is CCCCCCCCCCCCCCCC(CO)CCCCCC. The van der Waals surface area contributed by atoms with Gasteiger partial charge in [-0.3, -0.25) is 0 Å². The molecule has 0 rings (SSSR count). The van der Waals surface area contributed by atoms with Gasteiger partial charge in [-0.2, -0.15) is 0 Å². The lowest BCUT2D eigenvalue weighted by Crippen LogP contribution is -2.06. The first-order chi connectivity index (χ1) is 11.8. The third kappa shape index (κ3) is 18.3. The number of unbranched alkanes of at least 4 members (excludes halogenated alkanes) is 15. The van der Waals surface area contributed by atoms with Gasteiger partial charge in [0.05, 0.1) is 0 Å². The maximum absolute atomic E-state index is 9.47. The molecule has 0 aromatic rings. The van der Waals surface area contributed by atoms with Gasteiger partial charge in [-0.1, -0.05) is 123 Å². The van der Waals surface area contributed by atoms with E-state index < -0.39 is 0 Å². The highest BCUT2D eigenvalue weighted by molar-refractivity contribution is 4.59. The van der Waals surface area contributed by atoms with Gasteiger partial charge in [-0.25, -0.2) is 0 Å². The van der Waals surface area contributed by atoms with Crippen LogP contribution >= 0.6 is 0 Å². The molecule has 146 valence electrons. The molecule has 0 saturated carbocycles. The monoisotopic (exact) mass is 340 g/mol. The van der Waals surface area contributed by atoms with Gasteiger partial charge in [0, 0.05) is 6.61 Å². The van der Waals surface area contributed by atoms with E-state index in [1.165, 1.54) is 122 Å². The lowest BCUT2D eigenvalue weighted by atomic mass is 9.95. The Hall–Kier alpha value is -0.0400. The summed E-state index contributed by atoms with van der Waals surface area (Å²) in [6.45, 7) is 4.96. The van der Waals surface area contributed by atoms with Crippen molar-refractivity contribution in [1.29, 1.82) is 0 Å². The Labute approximate surface area is 154 Å². The Morgan fingerprint density at radius 3 is 1.08 bits per heavy atom. The van der Waals surface area contributed by atoms with Crippen molar-refractivity contribution in [1.82, 2.24) is 0 Å². The average molecular weight is 341 g/mol. The van der Waals surface area contributed by atoms with Crippen LogP contribution in [0.2, 0.25) is 0 Å². The first-order valence-corrected chi connectivity index (χ1v) is 11.5. The first-order valence-electron chi connectivity index (χ1n) is 11.5. The number of aliphatic hydroxyl groups excluding tert-OH is 1. The fourth-order valence-electron chi connectivity index (χ4n) is 3.64. The molecule has 0 spiro atoms. The molecule has 0 saturated heterocycles. The van der Waals surface area contributed by atoms with Crippen LogP contribution in [-0.4, -0.2) is 11.7 Å². The molecule has 0 aromatic carbocycles. The topological polar surface area (TPSA) is 20.2 Å². The van der Waals surface area contributed by atoms with Crippen LogP contribution < -0.4 is 0 Å². The van der Waals surface area contributed by atoms with Gasteiger partial charge in [0.25, 0.3) is 0 Å². The molecular formula is C23H48O. The van der Waals surface area contributed by atoms with Crippen LogP contribution in [0.1, 0.15) is 136 Å². The molecule has 0 fully saturated rings. The molecule has 0 aromatic heterocycles. The molecule has 0 aliphatic rings. The van der Waals surface area contributed by atoms with Gasteiger partial charge in [0.15, 0.2) is 0 Å². The molecule has 1 nitrogen and oxygen atoms in total. The largest absolute Gasteiger partial charge is 0.396 e. The van der Waals surface area contributed by atoms with Crippen LogP contribution in [0, 0.1) is 5.92 Å². The van der Waals surface area contributed by atoms with Crippen LogP contribution in [0.25, 0.3) is 0 Å². The second-order valence-corrected chi connectivity index (χ2v) is 7.93. The zero-order valence-corrected chi connectivity index (χ0v) is 17.2. The van der Waals surface area contributed by atoms with E-state index in [9.17, 15) is 5.11 Å². The van der Waals surface area contributed by atoms with Crippen molar-refractivity contribution in [2.45, 2.75) is 136 Å². The molecular weight excluding hydrogens is 292 g/mol. The summed E-state index contributed by atoms with van der Waals surface area (Å²) in [4.78, 5) is 0. The number of aliphatic hydroxyl groups is 1. The third-order valence-electron chi connectivity index (χ3n) is 5.44. The number of hydrogen-bond acceptors (Lipinski definition) is 1. The molecule has 1 unspecified atom stereocenters. The maximum Gasteiger partial charge on any atom is 0.0459 e. The van der Waals surface area contributed by atoms with Crippen molar-refractivity contribution in [2.24, 2.45) is 5.92 Å².